The number of thioether (sulfide) groups is 1. The lowest BCUT2D eigenvalue weighted by Crippen LogP contribution is -2.17. The summed E-state index contributed by atoms with van der Waals surface area (Å²) in [6, 6.07) is 8.87. The quantitative estimate of drug-likeness (QED) is 0.814. The number of nitrogens with one attached hydrogen (secondary N) is 2. The third-order valence-corrected chi connectivity index (χ3v) is 4.17. The molecule has 0 bridgehead atoms. The summed E-state index contributed by atoms with van der Waals surface area (Å²) in [5.74, 6) is -0.0238. The smallest absolute Gasteiger partial charge is 0.325 e. The summed E-state index contributed by atoms with van der Waals surface area (Å²) in [5, 5.41) is 18.4. The van der Waals surface area contributed by atoms with E-state index in [0.29, 0.717) is 16.4 Å². The van der Waals surface area contributed by atoms with Gasteiger partial charge in [0.25, 0.3) is 0 Å². The van der Waals surface area contributed by atoms with Crippen molar-refractivity contribution in [3.8, 4) is 6.07 Å². The fourth-order valence-electron chi connectivity index (χ4n) is 2.00. The predicted octanol–water partition coefficient (Wildman–Crippen LogP) is 1.51. The summed E-state index contributed by atoms with van der Waals surface area (Å²) in [5.41, 5.74) is 0.945. The lowest BCUT2D eigenvalue weighted by molar-refractivity contribution is -0.113. The van der Waals surface area contributed by atoms with Crippen LogP contribution in [0.25, 0.3) is 0 Å². The Balaban J connectivity index is 1.58. The highest BCUT2D eigenvalue weighted by Gasteiger charge is 2.28. The maximum absolute atomic E-state index is 11.9. The molecule has 1 aliphatic carbocycles. The van der Waals surface area contributed by atoms with Crippen molar-refractivity contribution in [3.63, 3.8) is 0 Å². The Labute approximate surface area is 130 Å². The third-order valence-electron chi connectivity index (χ3n) is 3.21. The van der Waals surface area contributed by atoms with E-state index in [1.165, 1.54) is 11.8 Å². The molecule has 1 heterocycles. The number of carbonyl (C=O) groups is 1. The van der Waals surface area contributed by atoms with Gasteiger partial charge >= 0.3 is 5.69 Å². The molecule has 3 rings (SSSR count). The molecular weight excluding hydrogens is 302 g/mol. The molecule has 2 N–H and O–H groups in total. The first-order valence-corrected chi connectivity index (χ1v) is 7.75. The van der Waals surface area contributed by atoms with Crippen molar-refractivity contribution in [2.75, 3.05) is 11.1 Å². The van der Waals surface area contributed by atoms with Gasteiger partial charge in [-0.25, -0.2) is 9.89 Å². The van der Waals surface area contributed by atoms with Crippen LogP contribution in [-0.2, 0) is 4.79 Å². The van der Waals surface area contributed by atoms with Crippen LogP contribution in [0.3, 0.4) is 0 Å². The second kappa shape index (κ2) is 6.07. The highest BCUT2D eigenvalue weighted by atomic mass is 32.2. The molecule has 1 aromatic heterocycles. The summed E-state index contributed by atoms with van der Waals surface area (Å²) < 4.78 is 1.61. The largest absolute Gasteiger partial charge is 0.344 e. The molecule has 112 valence electrons. The molecule has 0 saturated heterocycles. The van der Waals surface area contributed by atoms with Gasteiger partial charge in [-0.2, -0.15) is 5.26 Å². The van der Waals surface area contributed by atoms with Crippen molar-refractivity contribution >= 4 is 23.4 Å². The van der Waals surface area contributed by atoms with Crippen LogP contribution in [0.15, 0.2) is 34.2 Å². The summed E-state index contributed by atoms with van der Waals surface area (Å²) in [4.78, 5) is 23.5. The first-order valence-electron chi connectivity index (χ1n) is 6.77. The Bertz CT molecular complexity index is 783. The summed E-state index contributed by atoms with van der Waals surface area (Å²) in [7, 11) is 0. The third kappa shape index (κ3) is 3.20. The SMILES string of the molecule is N#Cc1ccc(NC(=O)CSc2n[nH]c(=O)n2C2CC2)cc1. The van der Waals surface area contributed by atoms with Crippen LogP contribution in [-0.4, -0.2) is 26.4 Å². The molecule has 22 heavy (non-hydrogen) atoms. The molecular formula is C14H13N5O2S. The fraction of sp³-hybridized carbons (Fsp3) is 0.286. The first kappa shape index (κ1) is 14.4. The number of carbonyl (C=O) groups excluding carboxylic acids is 1. The number of nitriles is 1. The Hall–Kier alpha value is -2.53. The van der Waals surface area contributed by atoms with Gasteiger partial charge in [-0.3, -0.25) is 9.36 Å². The first-order chi connectivity index (χ1) is 10.7. The van der Waals surface area contributed by atoms with Gasteiger partial charge in [-0.15, -0.1) is 5.10 Å². The standard InChI is InChI=1S/C14H13N5O2S/c15-7-9-1-3-10(4-2-9)16-12(20)8-22-14-18-17-13(21)19(14)11-5-6-11/h1-4,11H,5-6,8H2,(H,16,20)(H,17,21). The van der Waals surface area contributed by atoms with Gasteiger partial charge in [-0.1, -0.05) is 11.8 Å². The summed E-state index contributed by atoms with van der Waals surface area (Å²) in [6.07, 6.45) is 1.95. The van der Waals surface area contributed by atoms with Gasteiger partial charge in [0.05, 0.1) is 17.4 Å². The maximum Gasteiger partial charge on any atom is 0.344 e. The zero-order chi connectivity index (χ0) is 15.5. The Morgan fingerprint density at radius 1 is 1.45 bits per heavy atom. The van der Waals surface area contributed by atoms with Crippen molar-refractivity contribution < 1.29 is 4.79 Å². The van der Waals surface area contributed by atoms with Crippen LogP contribution in [0.1, 0.15) is 24.4 Å². The number of H-pyrrole nitrogens is 1. The number of anilines is 1. The molecule has 2 aromatic rings. The highest BCUT2D eigenvalue weighted by Crippen LogP contribution is 2.35. The van der Waals surface area contributed by atoms with Crippen LogP contribution < -0.4 is 11.0 Å². The maximum atomic E-state index is 11.9. The van der Waals surface area contributed by atoms with Crippen LogP contribution in [0.5, 0.6) is 0 Å². The van der Waals surface area contributed by atoms with Gasteiger partial charge in [0.15, 0.2) is 5.16 Å². The van der Waals surface area contributed by atoms with E-state index in [-0.39, 0.29) is 23.4 Å². The predicted molar refractivity (Wildman–Crippen MR) is 81.6 cm³/mol. The second-order valence-electron chi connectivity index (χ2n) is 4.94. The van der Waals surface area contributed by atoms with E-state index in [1.54, 1.807) is 28.8 Å². The van der Waals surface area contributed by atoms with E-state index < -0.39 is 0 Å². The molecule has 8 heteroatoms. The zero-order valence-electron chi connectivity index (χ0n) is 11.6. The fourth-order valence-corrected chi connectivity index (χ4v) is 2.82. The molecule has 0 spiro atoms. The Morgan fingerprint density at radius 3 is 2.82 bits per heavy atom. The average molecular weight is 315 g/mol. The number of aromatic nitrogens is 3. The van der Waals surface area contributed by atoms with Gasteiger partial charge in [0, 0.05) is 11.7 Å². The van der Waals surface area contributed by atoms with Crippen molar-refractivity contribution in [1.82, 2.24) is 14.8 Å². The van der Waals surface area contributed by atoms with Crippen LogP contribution in [0.4, 0.5) is 5.69 Å². The monoisotopic (exact) mass is 315 g/mol. The van der Waals surface area contributed by atoms with Crippen molar-refractivity contribution in [2.24, 2.45) is 0 Å². The number of benzene rings is 1. The second-order valence-corrected chi connectivity index (χ2v) is 5.88. The summed E-state index contributed by atoms with van der Waals surface area (Å²) in [6.45, 7) is 0. The van der Waals surface area contributed by atoms with E-state index in [4.69, 9.17) is 5.26 Å². The number of nitrogens with zero attached hydrogens (tertiary/aromatic N) is 3. The molecule has 7 nitrogen and oxygen atoms in total. The van der Waals surface area contributed by atoms with E-state index >= 15 is 0 Å². The zero-order valence-corrected chi connectivity index (χ0v) is 12.4. The molecule has 1 amide bonds. The Morgan fingerprint density at radius 2 is 2.18 bits per heavy atom. The number of hydrogen-bond donors (Lipinski definition) is 2. The average Bonchev–Trinajstić information content (AvgIpc) is 3.29. The van der Waals surface area contributed by atoms with E-state index in [9.17, 15) is 9.59 Å². The van der Waals surface area contributed by atoms with Gasteiger partial charge in [0.1, 0.15) is 0 Å². The minimum absolute atomic E-state index is 0.164. The van der Waals surface area contributed by atoms with Crippen molar-refractivity contribution in [1.29, 1.82) is 5.26 Å². The summed E-state index contributed by atoms with van der Waals surface area (Å²) >= 11 is 1.23. The van der Waals surface area contributed by atoms with Crippen LogP contribution in [0.2, 0.25) is 0 Å². The molecule has 1 aromatic carbocycles. The van der Waals surface area contributed by atoms with Gasteiger partial charge in [0.2, 0.25) is 5.91 Å². The topological polar surface area (TPSA) is 104 Å². The van der Waals surface area contributed by atoms with Crippen LogP contribution in [0, 0.1) is 11.3 Å². The minimum Gasteiger partial charge on any atom is -0.325 e. The lowest BCUT2D eigenvalue weighted by Gasteiger charge is -2.05. The van der Waals surface area contributed by atoms with Crippen molar-refractivity contribution in [3.05, 3.63) is 40.3 Å². The molecule has 0 aliphatic heterocycles. The van der Waals surface area contributed by atoms with E-state index in [0.717, 1.165) is 12.8 Å². The van der Waals surface area contributed by atoms with Crippen molar-refractivity contribution in [2.45, 2.75) is 24.0 Å². The van der Waals surface area contributed by atoms with E-state index in [2.05, 4.69) is 15.5 Å². The van der Waals surface area contributed by atoms with E-state index in [1.807, 2.05) is 6.07 Å². The lowest BCUT2D eigenvalue weighted by atomic mass is 10.2. The van der Waals surface area contributed by atoms with Crippen LogP contribution >= 0.6 is 11.8 Å². The van der Waals surface area contributed by atoms with Gasteiger partial charge < -0.3 is 5.32 Å². The molecule has 1 fully saturated rings. The normalized spacial score (nSPS) is 13.6. The Kier molecular flexibility index (Phi) is 3.98. The molecule has 0 atom stereocenters. The minimum atomic E-state index is -0.225. The number of amides is 1. The molecule has 1 saturated carbocycles. The molecule has 1 aliphatic rings. The number of hydrogen-bond acceptors (Lipinski definition) is 5. The highest BCUT2D eigenvalue weighted by molar-refractivity contribution is 7.99. The van der Waals surface area contributed by atoms with Gasteiger partial charge in [-0.05, 0) is 37.1 Å². The number of rotatable bonds is 5. The molecule has 0 unspecified atom stereocenters. The number of aromatic amines is 1. The molecule has 0 radical (unpaired) electrons.